The van der Waals surface area contributed by atoms with Crippen molar-refractivity contribution < 1.29 is 14.3 Å². The third kappa shape index (κ3) is 4.18. The fourth-order valence-electron chi connectivity index (χ4n) is 3.46. The molecule has 1 amide bonds. The summed E-state index contributed by atoms with van der Waals surface area (Å²) in [5.41, 5.74) is 1.35. The summed E-state index contributed by atoms with van der Waals surface area (Å²) in [6, 6.07) is 9.56. The van der Waals surface area contributed by atoms with Crippen LogP contribution in [0.5, 0.6) is 0 Å². The Bertz CT molecular complexity index is 803. The summed E-state index contributed by atoms with van der Waals surface area (Å²) in [6.45, 7) is 6.13. The fraction of sp³-hybridized carbons (Fsp3) is 0.500. The van der Waals surface area contributed by atoms with Crippen LogP contribution in [0.15, 0.2) is 30.3 Å². The number of carbonyl (C=O) groups excluding carboxylic acids is 2. The summed E-state index contributed by atoms with van der Waals surface area (Å²) < 4.78 is 5.43. The molecule has 144 valence electrons. The maximum atomic E-state index is 12.8. The zero-order valence-electron chi connectivity index (χ0n) is 16.1. The summed E-state index contributed by atoms with van der Waals surface area (Å²) >= 11 is 0. The molecule has 7 nitrogen and oxygen atoms in total. The van der Waals surface area contributed by atoms with Gasteiger partial charge in [0.25, 0.3) is 5.91 Å². The van der Waals surface area contributed by atoms with Gasteiger partial charge >= 0.3 is 5.97 Å². The number of likely N-dealkylation sites (tertiary alicyclic amines) is 1. The quantitative estimate of drug-likeness (QED) is 0.756. The summed E-state index contributed by atoms with van der Waals surface area (Å²) in [7, 11) is 0. The number of ether oxygens (including phenoxy) is 1. The highest BCUT2D eigenvalue weighted by Gasteiger charge is 2.31. The van der Waals surface area contributed by atoms with E-state index in [2.05, 4.69) is 17.1 Å². The predicted molar refractivity (Wildman–Crippen MR) is 101 cm³/mol. The predicted octanol–water partition coefficient (Wildman–Crippen LogP) is 2.91. The lowest BCUT2D eigenvalue weighted by Gasteiger charge is -2.36. The highest BCUT2D eigenvalue weighted by Crippen LogP contribution is 2.21. The first-order valence-electron chi connectivity index (χ1n) is 9.52. The van der Waals surface area contributed by atoms with Gasteiger partial charge in [-0.05, 0) is 51.7 Å². The Kier molecular flexibility index (Phi) is 5.88. The zero-order valence-corrected chi connectivity index (χ0v) is 16.1. The smallest absolute Gasteiger partial charge is 0.361 e. The molecule has 3 rings (SSSR count). The van der Waals surface area contributed by atoms with E-state index in [1.54, 1.807) is 13.8 Å². The van der Waals surface area contributed by atoms with Crippen LogP contribution in [0.1, 0.15) is 55.7 Å². The number of aromatic nitrogens is 3. The molecule has 1 fully saturated rings. The fourth-order valence-corrected chi connectivity index (χ4v) is 3.46. The molecule has 0 spiro atoms. The largest absolute Gasteiger partial charge is 0.448 e. The Labute approximate surface area is 159 Å². The highest BCUT2D eigenvalue weighted by molar-refractivity contribution is 5.91. The third-order valence-electron chi connectivity index (χ3n) is 4.98. The van der Waals surface area contributed by atoms with Gasteiger partial charge in [0.2, 0.25) is 0 Å². The van der Waals surface area contributed by atoms with E-state index in [0.717, 1.165) is 37.9 Å². The molecule has 0 aliphatic carbocycles. The molecule has 2 aromatic rings. The van der Waals surface area contributed by atoms with E-state index in [9.17, 15) is 9.59 Å². The van der Waals surface area contributed by atoms with Gasteiger partial charge in [0, 0.05) is 12.6 Å². The van der Waals surface area contributed by atoms with Crippen molar-refractivity contribution in [3.05, 3.63) is 41.7 Å². The molecule has 2 unspecified atom stereocenters. The van der Waals surface area contributed by atoms with Crippen molar-refractivity contribution in [1.82, 2.24) is 19.9 Å². The minimum Gasteiger partial charge on any atom is -0.448 e. The number of benzene rings is 1. The number of nitrogens with zero attached hydrogens (tertiary/aromatic N) is 4. The lowest BCUT2D eigenvalue weighted by Crippen LogP contribution is -2.48. The highest BCUT2D eigenvalue weighted by atomic mass is 16.5. The SMILES string of the molecule is CCC1CCCCN1C(=O)C(C)OC(=O)c1nn(-c2ccccc2)nc1C. The van der Waals surface area contributed by atoms with E-state index in [0.29, 0.717) is 5.69 Å². The molecule has 0 saturated carbocycles. The van der Waals surface area contributed by atoms with E-state index in [1.807, 2.05) is 35.2 Å². The maximum Gasteiger partial charge on any atom is 0.361 e. The topological polar surface area (TPSA) is 77.3 Å². The Morgan fingerprint density at radius 1 is 1.22 bits per heavy atom. The van der Waals surface area contributed by atoms with Crippen LogP contribution >= 0.6 is 0 Å². The van der Waals surface area contributed by atoms with Crippen molar-refractivity contribution in [2.24, 2.45) is 0 Å². The van der Waals surface area contributed by atoms with Crippen LogP contribution in [-0.2, 0) is 9.53 Å². The van der Waals surface area contributed by atoms with Gasteiger partial charge < -0.3 is 9.64 Å². The standard InChI is InChI=1S/C20H26N4O3/c1-4-16-10-8-9-13-23(16)19(25)15(3)27-20(26)18-14(2)21-24(22-18)17-11-6-5-7-12-17/h5-7,11-12,15-16H,4,8-10,13H2,1-3H3. The van der Waals surface area contributed by atoms with Crippen LogP contribution in [-0.4, -0.2) is 50.5 Å². The molecule has 0 radical (unpaired) electrons. The summed E-state index contributed by atoms with van der Waals surface area (Å²) in [5, 5.41) is 8.52. The number of esters is 1. The monoisotopic (exact) mass is 370 g/mol. The van der Waals surface area contributed by atoms with Crippen LogP contribution in [0.2, 0.25) is 0 Å². The second kappa shape index (κ2) is 8.33. The summed E-state index contributed by atoms with van der Waals surface area (Å²) in [4.78, 5) is 28.6. The minimum atomic E-state index is -0.842. The second-order valence-electron chi connectivity index (χ2n) is 6.90. The van der Waals surface area contributed by atoms with Crippen LogP contribution in [0.3, 0.4) is 0 Å². The second-order valence-corrected chi connectivity index (χ2v) is 6.90. The molecule has 7 heteroatoms. The average Bonchev–Trinajstić information content (AvgIpc) is 3.09. The molecule has 0 bridgehead atoms. The summed E-state index contributed by atoms with van der Waals surface area (Å²) in [5.74, 6) is -0.761. The zero-order chi connectivity index (χ0) is 19.4. The average molecular weight is 370 g/mol. The first-order chi connectivity index (χ1) is 13.0. The van der Waals surface area contributed by atoms with E-state index < -0.39 is 12.1 Å². The maximum absolute atomic E-state index is 12.8. The van der Waals surface area contributed by atoms with Gasteiger partial charge in [-0.15, -0.1) is 5.10 Å². The molecule has 1 aromatic carbocycles. The number of carbonyl (C=O) groups is 2. The number of hydrogen-bond acceptors (Lipinski definition) is 5. The van der Waals surface area contributed by atoms with Gasteiger partial charge in [0.1, 0.15) is 0 Å². The lowest BCUT2D eigenvalue weighted by atomic mass is 9.99. The Hall–Kier alpha value is -2.70. The number of rotatable bonds is 5. The molecule has 1 aliphatic rings. The molecular formula is C20H26N4O3. The first kappa shape index (κ1) is 19.1. The number of para-hydroxylation sites is 1. The number of hydrogen-bond donors (Lipinski definition) is 0. The molecule has 1 aliphatic heterocycles. The molecule has 0 N–H and O–H groups in total. The van der Waals surface area contributed by atoms with Gasteiger partial charge in [-0.25, -0.2) is 4.79 Å². The molecule has 1 aromatic heterocycles. The van der Waals surface area contributed by atoms with Crippen molar-refractivity contribution in [1.29, 1.82) is 0 Å². The molecule has 2 atom stereocenters. The minimum absolute atomic E-state index is 0.129. The Morgan fingerprint density at radius 2 is 1.96 bits per heavy atom. The lowest BCUT2D eigenvalue weighted by molar-refractivity contribution is -0.143. The molecule has 27 heavy (non-hydrogen) atoms. The van der Waals surface area contributed by atoms with E-state index >= 15 is 0 Å². The molecular weight excluding hydrogens is 344 g/mol. The van der Waals surface area contributed by atoms with Gasteiger partial charge in [0.05, 0.1) is 11.4 Å². The van der Waals surface area contributed by atoms with E-state index in [-0.39, 0.29) is 17.6 Å². The Morgan fingerprint density at radius 3 is 2.67 bits per heavy atom. The van der Waals surface area contributed by atoms with E-state index in [4.69, 9.17) is 4.74 Å². The van der Waals surface area contributed by atoms with Crippen LogP contribution in [0.25, 0.3) is 5.69 Å². The van der Waals surface area contributed by atoms with Gasteiger partial charge in [-0.2, -0.15) is 9.90 Å². The van der Waals surface area contributed by atoms with Gasteiger partial charge in [-0.3, -0.25) is 4.79 Å². The van der Waals surface area contributed by atoms with Crippen molar-refractivity contribution in [3.8, 4) is 5.69 Å². The van der Waals surface area contributed by atoms with Crippen molar-refractivity contribution in [2.75, 3.05) is 6.54 Å². The van der Waals surface area contributed by atoms with Crippen molar-refractivity contribution in [2.45, 2.75) is 58.6 Å². The van der Waals surface area contributed by atoms with Gasteiger partial charge in [-0.1, -0.05) is 25.1 Å². The number of aryl methyl sites for hydroxylation is 1. The van der Waals surface area contributed by atoms with Crippen LogP contribution in [0.4, 0.5) is 0 Å². The summed E-state index contributed by atoms with van der Waals surface area (Å²) in [6.07, 6.45) is 3.21. The molecule has 2 heterocycles. The molecule has 1 saturated heterocycles. The van der Waals surface area contributed by atoms with E-state index in [1.165, 1.54) is 4.80 Å². The Balaban J connectivity index is 1.69. The number of amides is 1. The van der Waals surface area contributed by atoms with Gasteiger partial charge in [0.15, 0.2) is 11.8 Å². The van der Waals surface area contributed by atoms with Crippen LogP contribution in [0, 0.1) is 6.92 Å². The number of piperidine rings is 1. The van der Waals surface area contributed by atoms with Crippen molar-refractivity contribution >= 4 is 11.9 Å². The normalized spacial score (nSPS) is 18.2. The van der Waals surface area contributed by atoms with Crippen LogP contribution < -0.4 is 0 Å². The third-order valence-corrected chi connectivity index (χ3v) is 4.98. The first-order valence-corrected chi connectivity index (χ1v) is 9.52. The van der Waals surface area contributed by atoms with Crippen molar-refractivity contribution in [3.63, 3.8) is 0 Å².